The van der Waals surface area contributed by atoms with Gasteiger partial charge in [0.2, 0.25) is 5.91 Å². The number of benzene rings is 1. The Balaban J connectivity index is 1.82. The maximum Gasteiger partial charge on any atom is 0.226 e. The number of unbranched alkanes of at least 4 members (excludes halogenated alkanes) is 1. The van der Waals surface area contributed by atoms with Gasteiger partial charge in [0.1, 0.15) is 0 Å². The van der Waals surface area contributed by atoms with Gasteiger partial charge in [0, 0.05) is 23.3 Å². The third-order valence-electron chi connectivity index (χ3n) is 2.85. The number of aromatic nitrogens is 1. The molecule has 0 unspecified atom stereocenters. The van der Waals surface area contributed by atoms with Crippen molar-refractivity contribution in [2.24, 2.45) is 0 Å². The number of carboxylic acids is 1. The second-order valence-corrected chi connectivity index (χ2v) is 5.39. The van der Waals surface area contributed by atoms with Gasteiger partial charge in [0.15, 0.2) is 5.13 Å². The minimum Gasteiger partial charge on any atom is -0.550 e. The first-order chi connectivity index (χ1) is 10.1. The molecule has 2 aromatic rings. The third-order valence-corrected chi connectivity index (χ3v) is 3.61. The molecule has 0 saturated carbocycles. The molecular formula is C15H15N2O3S-. The number of aliphatic carboxylic acids is 1. The summed E-state index contributed by atoms with van der Waals surface area (Å²) in [5.74, 6) is -1.23. The van der Waals surface area contributed by atoms with Crippen LogP contribution in [-0.4, -0.2) is 16.9 Å². The molecule has 2 rings (SSSR count). The Bertz CT molecular complexity index is 610. The summed E-state index contributed by atoms with van der Waals surface area (Å²) in [6.07, 6.45) is 1.25. The average molecular weight is 303 g/mol. The first-order valence-corrected chi connectivity index (χ1v) is 7.54. The predicted molar refractivity (Wildman–Crippen MR) is 79.7 cm³/mol. The van der Waals surface area contributed by atoms with Crippen LogP contribution in [0.1, 0.15) is 25.7 Å². The Hall–Kier alpha value is -2.21. The maximum absolute atomic E-state index is 11.7. The van der Waals surface area contributed by atoms with Crippen LogP contribution in [0.5, 0.6) is 0 Å². The molecule has 0 aliphatic carbocycles. The van der Waals surface area contributed by atoms with E-state index < -0.39 is 5.97 Å². The number of nitrogens with one attached hydrogen (secondary N) is 1. The first kappa shape index (κ1) is 15.2. The molecular weight excluding hydrogens is 288 g/mol. The highest BCUT2D eigenvalue weighted by Gasteiger charge is 2.07. The van der Waals surface area contributed by atoms with Crippen molar-refractivity contribution < 1.29 is 14.7 Å². The molecule has 110 valence electrons. The quantitative estimate of drug-likeness (QED) is 0.794. The van der Waals surface area contributed by atoms with Crippen LogP contribution in [-0.2, 0) is 9.59 Å². The summed E-state index contributed by atoms with van der Waals surface area (Å²) >= 11 is 1.37. The van der Waals surface area contributed by atoms with Gasteiger partial charge in [-0.1, -0.05) is 30.3 Å². The van der Waals surface area contributed by atoms with Crippen LogP contribution < -0.4 is 10.4 Å². The highest BCUT2D eigenvalue weighted by atomic mass is 32.1. The maximum atomic E-state index is 11.7. The molecule has 21 heavy (non-hydrogen) atoms. The summed E-state index contributed by atoms with van der Waals surface area (Å²) in [4.78, 5) is 26.3. The number of carbonyl (C=O) groups excluding carboxylic acids is 2. The minimum atomic E-state index is -1.08. The van der Waals surface area contributed by atoms with E-state index in [2.05, 4.69) is 10.3 Å². The first-order valence-electron chi connectivity index (χ1n) is 6.66. The summed E-state index contributed by atoms with van der Waals surface area (Å²) in [6, 6.07) is 9.72. The standard InChI is InChI=1S/C15H16N2O3S/c18-13(8-4-5-9-14(19)20)17-15-16-12(10-21-15)11-6-2-1-3-7-11/h1-3,6-7,10H,4-5,8-9H2,(H,19,20)(H,16,17,18)/p-1. The Morgan fingerprint density at radius 1 is 1.14 bits per heavy atom. The van der Waals surface area contributed by atoms with E-state index in [1.165, 1.54) is 11.3 Å². The molecule has 1 N–H and O–H groups in total. The van der Waals surface area contributed by atoms with Gasteiger partial charge in [-0.15, -0.1) is 11.3 Å². The minimum absolute atomic E-state index is 0.0112. The van der Waals surface area contributed by atoms with E-state index in [0.717, 1.165) is 11.3 Å². The predicted octanol–water partition coefficient (Wildman–Crippen LogP) is 2.06. The van der Waals surface area contributed by atoms with Crippen molar-refractivity contribution in [3.05, 3.63) is 35.7 Å². The average Bonchev–Trinajstić information content (AvgIpc) is 2.93. The summed E-state index contributed by atoms with van der Waals surface area (Å²) < 4.78 is 0. The van der Waals surface area contributed by atoms with Gasteiger partial charge >= 0.3 is 0 Å². The van der Waals surface area contributed by atoms with Crippen molar-refractivity contribution in [2.75, 3.05) is 5.32 Å². The van der Waals surface area contributed by atoms with Crippen LogP contribution in [0, 0.1) is 0 Å². The Kier molecular flexibility index (Phi) is 5.45. The van der Waals surface area contributed by atoms with Crippen molar-refractivity contribution in [3.63, 3.8) is 0 Å². The molecule has 1 aromatic heterocycles. The van der Waals surface area contributed by atoms with Crippen molar-refractivity contribution in [1.29, 1.82) is 0 Å². The van der Waals surface area contributed by atoms with Crippen molar-refractivity contribution in [2.45, 2.75) is 25.7 Å². The van der Waals surface area contributed by atoms with E-state index in [1.54, 1.807) is 0 Å². The number of hydrogen-bond donors (Lipinski definition) is 1. The van der Waals surface area contributed by atoms with Gasteiger partial charge < -0.3 is 15.2 Å². The molecule has 0 aliphatic heterocycles. The number of hydrogen-bond acceptors (Lipinski definition) is 5. The van der Waals surface area contributed by atoms with Crippen molar-refractivity contribution >= 4 is 28.3 Å². The number of thiazole rings is 1. The lowest BCUT2D eigenvalue weighted by molar-refractivity contribution is -0.305. The lowest BCUT2D eigenvalue weighted by atomic mass is 10.2. The van der Waals surface area contributed by atoms with E-state index in [-0.39, 0.29) is 18.7 Å². The highest BCUT2D eigenvalue weighted by Crippen LogP contribution is 2.24. The fraction of sp³-hybridized carbons (Fsp3) is 0.267. The molecule has 1 heterocycles. The smallest absolute Gasteiger partial charge is 0.226 e. The highest BCUT2D eigenvalue weighted by molar-refractivity contribution is 7.14. The Labute approximate surface area is 126 Å². The summed E-state index contributed by atoms with van der Waals surface area (Å²) in [5, 5.41) is 15.4. The molecule has 0 bridgehead atoms. The van der Waals surface area contributed by atoms with Crippen molar-refractivity contribution in [3.8, 4) is 11.3 Å². The molecule has 0 aliphatic rings. The number of nitrogens with zero attached hydrogens (tertiary/aromatic N) is 1. The topological polar surface area (TPSA) is 82.1 Å². The number of rotatable bonds is 7. The number of carbonyl (C=O) groups is 2. The molecule has 0 radical (unpaired) electrons. The van der Waals surface area contributed by atoms with E-state index >= 15 is 0 Å². The SMILES string of the molecule is O=C([O-])CCCCC(=O)Nc1nc(-c2ccccc2)cs1. The molecule has 0 spiro atoms. The van der Waals surface area contributed by atoms with Crippen LogP contribution in [0.3, 0.4) is 0 Å². The molecule has 0 saturated heterocycles. The van der Waals surface area contributed by atoms with Gasteiger partial charge in [0.25, 0.3) is 0 Å². The molecule has 6 heteroatoms. The van der Waals surface area contributed by atoms with Crippen LogP contribution in [0.15, 0.2) is 35.7 Å². The number of amides is 1. The lowest BCUT2D eigenvalue weighted by Crippen LogP contribution is -2.21. The summed E-state index contributed by atoms with van der Waals surface area (Å²) in [6.45, 7) is 0. The molecule has 1 amide bonds. The second kappa shape index (κ2) is 7.54. The monoisotopic (exact) mass is 303 g/mol. The summed E-state index contributed by atoms with van der Waals surface area (Å²) in [7, 11) is 0. The molecule has 1 aromatic carbocycles. The zero-order valence-corrected chi connectivity index (χ0v) is 12.2. The van der Waals surface area contributed by atoms with Crippen LogP contribution >= 0.6 is 11.3 Å². The molecule has 5 nitrogen and oxygen atoms in total. The lowest BCUT2D eigenvalue weighted by Gasteiger charge is -2.02. The van der Waals surface area contributed by atoms with E-state index in [4.69, 9.17) is 0 Å². The van der Waals surface area contributed by atoms with Gasteiger partial charge in [-0.25, -0.2) is 4.98 Å². The van der Waals surface area contributed by atoms with Crippen molar-refractivity contribution in [1.82, 2.24) is 4.98 Å². The molecule has 0 fully saturated rings. The summed E-state index contributed by atoms with van der Waals surface area (Å²) in [5.41, 5.74) is 1.83. The third kappa shape index (κ3) is 5.00. The van der Waals surface area contributed by atoms with Crippen LogP contribution in [0.4, 0.5) is 5.13 Å². The van der Waals surface area contributed by atoms with Gasteiger partial charge in [0.05, 0.1) is 5.69 Å². The zero-order chi connectivity index (χ0) is 15.1. The fourth-order valence-electron chi connectivity index (χ4n) is 1.81. The van der Waals surface area contributed by atoms with Gasteiger partial charge in [-0.3, -0.25) is 4.79 Å². The van der Waals surface area contributed by atoms with Crippen LogP contribution in [0.2, 0.25) is 0 Å². The van der Waals surface area contributed by atoms with E-state index in [0.29, 0.717) is 18.0 Å². The Morgan fingerprint density at radius 2 is 1.86 bits per heavy atom. The van der Waals surface area contributed by atoms with Crippen LogP contribution in [0.25, 0.3) is 11.3 Å². The number of carboxylic acid groups (broad SMARTS) is 1. The van der Waals surface area contributed by atoms with E-state index in [1.807, 2.05) is 35.7 Å². The second-order valence-electron chi connectivity index (χ2n) is 4.53. The number of anilines is 1. The molecule has 0 atom stereocenters. The normalized spacial score (nSPS) is 10.3. The largest absolute Gasteiger partial charge is 0.550 e. The fourth-order valence-corrected chi connectivity index (χ4v) is 2.55. The van der Waals surface area contributed by atoms with Gasteiger partial charge in [-0.2, -0.15) is 0 Å². The van der Waals surface area contributed by atoms with Gasteiger partial charge in [-0.05, 0) is 19.3 Å². The zero-order valence-electron chi connectivity index (χ0n) is 11.4. The van der Waals surface area contributed by atoms with E-state index in [9.17, 15) is 14.7 Å². The Morgan fingerprint density at radius 3 is 2.57 bits per heavy atom.